The first-order valence-electron chi connectivity index (χ1n) is 18.4. The lowest BCUT2D eigenvalue weighted by Gasteiger charge is -2.29. The lowest BCUT2D eigenvalue weighted by atomic mass is 9.93. The predicted octanol–water partition coefficient (Wildman–Crippen LogP) is 4.82. The number of rotatable bonds is 10. The Labute approximate surface area is 346 Å². The van der Waals surface area contributed by atoms with Crippen LogP contribution in [0, 0.1) is 18.2 Å². The van der Waals surface area contributed by atoms with Crippen molar-refractivity contribution >= 4 is 58.1 Å². The average Bonchev–Trinajstić information content (AvgIpc) is 3.86. The molecule has 22 heteroatoms. The molecular weight excluding hydrogens is 855 g/mol. The first kappa shape index (κ1) is 46.4. The maximum Gasteiger partial charge on any atom is 0.416 e. The van der Waals surface area contributed by atoms with Gasteiger partial charge in [-0.2, -0.15) is 13.2 Å². The molecule has 7 rings (SSSR count). The van der Waals surface area contributed by atoms with Gasteiger partial charge in [-0.05, 0) is 69.2 Å². The molecular formula is C39H39F4N4O12PS. The molecule has 3 aromatic rings. The second kappa shape index (κ2) is 18.1. The largest absolute Gasteiger partial charge is 0.481 e. The second-order valence-corrected chi connectivity index (χ2v) is 19.1. The van der Waals surface area contributed by atoms with E-state index in [0.29, 0.717) is 41.9 Å². The molecule has 326 valence electrons. The molecule has 2 unspecified atom stereocenters. The smallest absolute Gasteiger partial charge is 0.416 e. The molecule has 16 nitrogen and oxygen atoms in total. The van der Waals surface area contributed by atoms with E-state index in [1.54, 1.807) is 0 Å². The predicted molar refractivity (Wildman–Crippen MR) is 208 cm³/mol. The topological polar surface area (TPSA) is 245 Å². The van der Waals surface area contributed by atoms with Gasteiger partial charge in [0.1, 0.15) is 11.8 Å². The quantitative estimate of drug-likeness (QED) is 0.0813. The minimum Gasteiger partial charge on any atom is -0.481 e. The van der Waals surface area contributed by atoms with Crippen molar-refractivity contribution in [2.45, 2.75) is 68.0 Å². The van der Waals surface area contributed by atoms with Crippen molar-refractivity contribution in [2.75, 3.05) is 42.0 Å². The monoisotopic (exact) mass is 894 g/mol. The summed E-state index contributed by atoms with van der Waals surface area (Å²) in [5.74, 6) is -1.06. The highest BCUT2D eigenvalue weighted by Crippen LogP contribution is 2.44. The number of amides is 3. The number of halogens is 4. The van der Waals surface area contributed by atoms with Crippen LogP contribution in [0.2, 0.25) is 0 Å². The lowest BCUT2D eigenvalue weighted by Crippen LogP contribution is -2.39. The lowest BCUT2D eigenvalue weighted by molar-refractivity contribution is -0.139. The summed E-state index contributed by atoms with van der Waals surface area (Å²) in [4.78, 5) is 70.4. The van der Waals surface area contributed by atoms with Crippen LogP contribution in [0.25, 0.3) is 0 Å². The van der Waals surface area contributed by atoms with E-state index in [0.717, 1.165) is 49.0 Å². The molecule has 0 spiro atoms. The molecule has 1 fully saturated rings. The van der Waals surface area contributed by atoms with Gasteiger partial charge in [0.05, 0.1) is 40.1 Å². The van der Waals surface area contributed by atoms with Crippen molar-refractivity contribution < 1.29 is 73.8 Å². The van der Waals surface area contributed by atoms with Gasteiger partial charge in [0.15, 0.2) is 41.2 Å². The Hall–Kier alpha value is -5.68. The van der Waals surface area contributed by atoms with Gasteiger partial charge in [-0.15, -0.1) is 6.42 Å². The van der Waals surface area contributed by atoms with E-state index in [-0.39, 0.29) is 65.8 Å². The molecule has 4 N–H and O–H groups in total. The summed E-state index contributed by atoms with van der Waals surface area (Å²) >= 11 is 0. The van der Waals surface area contributed by atoms with Crippen LogP contribution >= 0.6 is 7.37 Å². The Morgan fingerprint density at radius 3 is 2.21 bits per heavy atom. The number of fused-ring (bicyclic) bond motifs is 1. The molecule has 2 aromatic carbocycles. The van der Waals surface area contributed by atoms with E-state index in [1.807, 2.05) is 0 Å². The summed E-state index contributed by atoms with van der Waals surface area (Å²) in [7, 11) is -7.14. The molecule has 2 aliphatic heterocycles. The van der Waals surface area contributed by atoms with Crippen LogP contribution in [-0.4, -0.2) is 91.3 Å². The van der Waals surface area contributed by atoms with Crippen LogP contribution < -0.4 is 20.3 Å². The maximum absolute atomic E-state index is 14.7. The van der Waals surface area contributed by atoms with E-state index in [2.05, 4.69) is 11.1 Å². The van der Waals surface area contributed by atoms with Crippen molar-refractivity contribution in [1.82, 2.24) is 5.16 Å². The number of hydrogen-bond acceptors (Lipinski definition) is 12. The van der Waals surface area contributed by atoms with Gasteiger partial charge in [0.2, 0.25) is 0 Å². The zero-order valence-corrected chi connectivity index (χ0v) is 34.2. The standard InChI is InChI=1S/C19H15FN2O4.C15H12F3NO4S.C5H12NO4P/c1-2-7-21-15-9-14(13(20)8-16(15)26-10-17(21)23)22-18(24)11-5-3-4-6-12(11)19(22)25;1-24(21,22)12-6-9(15(16,17)18)4-5-10(12)13(20)11-7-19-23-14(11)8-2-3-8;1-11(9,10)3-2-4(6)5(7)8/h1,8-9H,3-7,10H2;4-8H,2-3H2,1H3;4H,2-3,6H2,1H3,(H,7,8)(H,9,10). The van der Waals surface area contributed by atoms with Gasteiger partial charge in [-0.25, -0.2) is 17.7 Å². The van der Waals surface area contributed by atoms with Gasteiger partial charge in [-0.3, -0.25) is 33.4 Å². The van der Waals surface area contributed by atoms with E-state index < -0.39 is 69.3 Å². The number of terminal acetylenes is 1. The van der Waals surface area contributed by atoms with Crippen molar-refractivity contribution in [3.05, 3.63) is 75.9 Å². The van der Waals surface area contributed by atoms with E-state index in [1.165, 1.54) is 23.8 Å². The Morgan fingerprint density at radius 2 is 1.69 bits per heavy atom. The number of ketones is 1. The molecule has 1 aromatic heterocycles. The highest BCUT2D eigenvalue weighted by atomic mass is 32.2. The molecule has 3 heterocycles. The maximum atomic E-state index is 14.7. The number of hydrogen-bond donors (Lipinski definition) is 3. The molecule has 61 heavy (non-hydrogen) atoms. The fourth-order valence-corrected chi connectivity index (χ4v) is 8.16. The number of aliphatic carboxylic acids is 1. The molecule has 0 bridgehead atoms. The molecule has 2 aliphatic carbocycles. The van der Waals surface area contributed by atoms with Crippen LogP contribution in [0.1, 0.15) is 78.1 Å². The van der Waals surface area contributed by atoms with Crippen LogP contribution in [0.4, 0.5) is 28.9 Å². The number of anilines is 2. The summed E-state index contributed by atoms with van der Waals surface area (Å²) in [6.45, 7) is 0.920. The van der Waals surface area contributed by atoms with E-state index in [9.17, 15) is 54.5 Å². The first-order chi connectivity index (χ1) is 28.4. The number of nitrogens with two attached hydrogens (primary N) is 1. The molecule has 1 saturated carbocycles. The van der Waals surface area contributed by atoms with Crippen molar-refractivity contribution in [2.24, 2.45) is 5.73 Å². The number of nitrogens with zero attached hydrogens (tertiary/aromatic N) is 3. The Bertz CT molecular complexity index is 2490. The van der Waals surface area contributed by atoms with Gasteiger partial charge in [0.25, 0.3) is 17.7 Å². The average molecular weight is 895 g/mol. The Kier molecular flexibility index (Phi) is 13.8. The van der Waals surface area contributed by atoms with Crippen molar-refractivity contribution in [3.63, 3.8) is 0 Å². The zero-order chi connectivity index (χ0) is 45.2. The highest BCUT2D eigenvalue weighted by Gasteiger charge is 2.42. The Morgan fingerprint density at radius 1 is 1.07 bits per heavy atom. The van der Waals surface area contributed by atoms with Gasteiger partial charge in [0, 0.05) is 47.8 Å². The fraction of sp³-hybridized carbons (Fsp3) is 0.385. The highest BCUT2D eigenvalue weighted by molar-refractivity contribution is 7.90. The SMILES string of the molecule is C#CCN1C(=O)COc2cc(F)c(N3C(=O)C4=C(CCCC4)C3=O)cc21.CP(=O)(O)CCC(N)C(=O)O.CS(=O)(=O)c1cc(C(F)(F)F)ccc1C(=O)c1cnoc1C1CC1. The minimum absolute atomic E-state index is 0.0170. The van der Waals surface area contributed by atoms with Crippen LogP contribution in [-0.2, 0) is 39.8 Å². The Balaban J connectivity index is 0.000000188. The fourth-order valence-electron chi connectivity index (χ4n) is 6.50. The van der Waals surface area contributed by atoms with Crippen LogP contribution in [0.15, 0.2) is 57.1 Å². The number of aromatic nitrogens is 1. The van der Waals surface area contributed by atoms with Gasteiger partial charge < -0.3 is 25.0 Å². The third-order valence-electron chi connectivity index (χ3n) is 9.77. The minimum atomic E-state index is -4.71. The van der Waals surface area contributed by atoms with Gasteiger partial charge >= 0.3 is 12.1 Å². The molecule has 0 saturated heterocycles. The summed E-state index contributed by atoms with van der Waals surface area (Å²) in [6.07, 6.45) is 6.87. The number of benzene rings is 2. The number of sulfone groups is 1. The number of carboxylic acid groups (broad SMARTS) is 1. The molecule has 2 atom stereocenters. The normalized spacial score (nSPS) is 17.7. The first-order valence-corrected chi connectivity index (χ1v) is 22.6. The second-order valence-electron chi connectivity index (χ2n) is 14.5. The number of carboxylic acids is 1. The van der Waals surface area contributed by atoms with Crippen molar-refractivity contribution in [3.8, 4) is 18.1 Å². The summed E-state index contributed by atoms with van der Waals surface area (Å²) in [5, 5.41) is 11.8. The van der Waals surface area contributed by atoms with E-state index in [4.69, 9.17) is 31.4 Å². The third kappa shape index (κ3) is 10.8. The number of imide groups is 1. The molecule has 0 radical (unpaired) electrons. The number of carbonyl (C=O) groups excluding carboxylic acids is 4. The number of carbonyl (C=O) groups is 5. The zero-order valence-electron chi connectivity index (χ0n) is 32.5. The van der Waals surface area contributed by atoms with E-state index >= 15 is 0 Å². The summed E-state index contributed by atoms with van der Waals surface area (Å²) in [6, 6.07) is 3.38. The van der Waals surface area contributed by atoms with Crippen LogP contribution in [0.5, 0.6) is 5.75 Å². The number of ether oxygens (including phenoxy) is 1. The third-order valence-corrected chi connectivity index (χ3v) is 12.0. The van der Waals surface area contributed by atoms with Crippen LogP contribution in [0.3, 0.4) is 0 Å². The molecule has 3 amide bonds. The summed E-state index contributed by atoms with van der Waals surface area (Å²) in [5.41, 5.74) is 4.71. The van der Waals surface area contributed by atoms with Crippen molar-refractivity contribution in [1.29, 1.82) is 0 Å². The number of alkyl halides is 3. The molecule has 4 aliphatic rings. The summed E-state index contributed by atoms with van der Waals surface area (Å²) < 4.78 is 97.9. The van der Waals surface area contributed by atoms with Gasteiger partial charge in [-0.1, -0.05) is 11.1 Å².